The molecule has 10 nitrogen and oxygen atoms in total. The van der Waals surface area contributed by atoms with Gasteiger partial charge in [0.1, 0.15) is 18.6 Å². The van der Waals surface area contributed by atoms with E-state index in [2.05, 4.69) is 10.6 Å². The van der Waals surface area contributed by atoms with Crippen molar-refractivity contribution >= 4 is 23.7 Å². The Kier molecular flexibility index (Phi) is 6.91. The topological polar surface area (TPSA) is 162 Å². The van der Waals surface area contributed by atoms with Gasteiger partial charge in [0.2, 0.25) is 17.7 Å². The number of hydrogen-bond donors (Lipinski definition) is 5. The van der Waals surface area contributed by atoms with Crippen molar-refractivity contribution < 1.29 is 29.4 Å². The van der Waals surface area contributed by atoms with Crippen molar-refractivity contribution in [3.63, 3.8) is 0 Å². The van der Waals surface area contributed by atoms with Gasteiger partial charge in [0.25, 0.3) is 0 Å². The van der Waals surface area contributed by atoms with Gasteiger partial charge in [0, 0.05) is 6.54 Å². The second-order valence-electron chi connectivity index (χ2n) is 5.34. The molecule has 0 spiro atoms. The fourth-order valence-electron chi connectivity index (χ4n) is 2.22. The molecule has 1 saturated heterocycles. The summed E-state index contributed by atoms with van der Waals surface area (Å²) in [6.45, 7) is 0.822. The summed E-state index contributed by atoms with van der Waals surface area (Å²) in [6, 6.07) is -1.86. The Bertz CT molecular complexity index is 481. The van der Waals surface area contributed by atoms with E-state index in [9.17, 15) is 24.3 Å². The molecule has 3 unspecified atom stereocenters. The lowest BCUT2D eigenvalue weighted by atomic mass is 10.1. The van der Waals surface area contributed by atoms with E-state index in [-0.39, 0.29) is 6.54 Å². The minimum atomic E-state index is -1.19. The van der Waals surface area contributed by atoms with Gasteiger partial charge in [-0.05, 0) is 19.8 Å². The number of nitrogens with one attached hydrogen (secondary N) is 2. The lowest BCUT2D eigenvalue weighted by Gasteiger charge is -2.27. The van der Waals surface area contributed by atoms with Crippen LogP contribution in [-0.2, 0) is 19.2 Å². The number of nitrogens with zero attached hydrogens (tertiary/aromatic N) is 1. The maximum absolute atomic E-state index is 12.1. The molecule has 1 heterocycles. The van der Waals surface area contributed by atoms with Gasteiger partial charge in [-0.1, -0.05) is 0 Å². The molecular formula is C13H22N4O6. The molecule has 0 radical (unpaired) electrons. The fourth-order valence-corrected chi connectivity index (χ4v) is 2.22. The zero-order valence-electron chi connectivity index (χ0n) is 12.8. The molecular weight excluding hydrogens is 308 g/mol. The van der Waals surface area contributed by atoms with Crippen LogP contribution in [0.15, 0.2) is 0 Å². The van der Waals surface area contributed by atoms with Gasteiger partial charge >= 0.3 is 5.97 Å². The van der Waals surface area contributed by atoms with E-state index in [0.717, 1.165) is 0 Å². The third-order valence-corrected chi connectivity index (χ3v) is 3.50. The summed E-state index contributed by atoms with van der Waals surface area (Å²) in [4.78, 5) is 47.2. The monoisotopic (exact) mass is 330 g/mol. The van der Waals surface area contributed by atoms with Crippen molar-refractivity contribution in [1.82, 2.24) is 15.5 Å². The van der Waals surface area contributed by atoms with Gasteiger partial charge in [0.15, 0.2) is 0 Å². The van der Waals surface area contributed by atoms with E-state index in [1.807, 2.05) is 0 Å². The van der Waals surface area contributed by atoms with Crippen LogP contribution in [0.2, 0.25) is 0 Å². The molecule has 0 aliphatic carbocycles. The number of likely N-dealkylation sites (tertiary alicyclic amines) is 1. The van der Waals surface area contributed by atoms with Gasteiger partial charge < -0.3 is 31.5 Å². The molecule has 1 aliphatic rings. The van der Waals surface area contributed by atoms with Crippen LogP contribution in [0.25, 0.3) is 0 Å². The van der Waals surface area contributed by atoms with Gasteiger partial charge in [-0.3, -0.25) is 19.2 Å². The number of aliphatic carboxylic acids is 1. The van der Waals surface area contributed by atoms with Gasteiger partial charge in [-0.2, -0.15) is 0 Å². The SMILES string of the molecule is CC(O)C(N)C(=O)N1CCCC1C(=O)NCC(=O)NCC(=O)O. The molecule has 6 N–H and O–H groups in total. The number of amides is 3. The molecule has 3 amide bonds. The summed E-state index contributed by atoms with van der Waals surface area (Å²) in [5.41, 5.74) is 5.60. The first-order valence-corrected chi connectivity index (χ1v) is 7.24. The maximum Gasteiger partial charge on any atom is 0.322 e. The van der Waals surface area contributed by atoms with Crippen LogP contribution in [-0.4, -0.2) is 76.6 Å². The molecule has 0 aromatic heterocycles. The van der Waals surface area contributed by atoms with Crippen molar-refractivity contribution in [3.05, 3.63) is 0 Å². The van der Waals surface area contributed by atoms with Crippen LogP contribution in [0.4, 0.5) is 0 Å². The minimum Gasteiger partial charge on any atom is -0.480 e. The highest BCUT2D eigenvalue weighted by molar-refractivity contribution is 5.92. The Hall–Kier alpha value is -2.20. The number of carboxylic acid groups (broad SMARTS) is 1. The van der Waals surface area contributed by atoms with E-state index in [0.29, 0.717) is 19.4 Å². The molecule has 1 aliphatic heterocycles. The van der Waals surface area contributed by atoms with Crippen molar-refractivity contribution in [3.8, 4) is 0 Å². The van der Waals surface area contributed by atoms with Crippen LogP contribution in [0.5, 0.6) is 0 Å². The molecule has 10 heteroatoms. The second-order valence-corrected chi connectivity index (χ2v) is 5.34. The van der Waals surface area contributed by atoms with Crippen LogP contribution in [0, 0.1) is 0 Å². The van der Waals surface area contributed by atoms with E-state index in [1.165, 1.54) is 11.8 Å². The Balaban J connectivity index is 2.53. The van der Waals surface area contributed by atoms with Gasteiger partial charge in [0.05, 0.1) is 12.6 Å². The zero-order valence-corrected chi connectivity index (χ0v) is 12.8. The summed E-state index contributed by atoms with van der Waals surface area (Å²) in [5, 5.41) is 22.3. The van der Waals surface area contributed by atoms with E-state index >= 15 is 0 Å². The van der Waals surface area contributed by atoms with Crippen molar-refractivity contribution in [1.29, 1.82) is 0 Å². The Morgan fingerprint density at radius 1 is 1.26 bits per heavy atom. The third kappa shape index (κ3) is 5.49. The average molecular weight is 330 g/mol. The quantitative estimate of drug-likeness (QED) is 0.332. The summed E-state index contributed by atoms with van der Waals surface area (Å²) in [6.07, 6.45) is 0.0104. The summed E-state index contributed by atoms with van der Waals surface area (Å²) < 4.78 is 0. The highest BCUT2D eigenvalue weighted by Crippen LogP contribution is 2.18. The number of hydrogen-bond acceptors (Lipinski definition) is 6. The van der Waals surface area contributed by atoms with E-state index < -0.39 is 48.4 Å². The summed E-state index contributed by atoms with van der Waals surface area (Å²) >= 11 is 0. The fraction of sp³-hybridized carbons (Fsp3) is 0.692. The van der Waals surface area contributed by atoms with Crippen molar-refractivity contribution in [2.45, 2.75) is 38.0 Å². The highest BCUT2D eigenvalue weighted by atomic mass is 16.4. The summed E-state index contributed by atoms with van der Waals surface area (Å²) in [5.74, 6) is -2.87. The summed E-state index contributed by atoms with van der Waals surface area (Å²) in [7, 11) is 0. The molecule has 1 fully saturated rings. The lowest BCUT2D eigenvalue weighted by Crippen LogP contribution is -2.54. The van der Waals surface area contributed by atoms with E-state index in [1.54, 1.807) is 0 Å². The van der Waals surface area contributed by atoms with Gasteiger partial charge in [-0.25, -0.2) is 0 Å². The minimum absolute atomic E-state index is 0.350. The van der Waals surface area contributed by atoms with Crippen LogP contribution in [0.1, 0.15) is 19.8 Å². The molecule has 1 rings (SSSR count). The number of aliphatic hydroxyl groups excluding tert-OH is 1. The number of rotatable bonds is 7. The lowest BCUT2D eigenvalue weighted by molar-refractivity contribution is -0.141. The van der Waals surface area contributed by atoms with Crippen LogP contribution in [0.3, 0.4) is 0 Å². The number of carboxylic acids is 1. The first-order valence-electron chi connectivity index (χ1n) is 7.24. The van der Waals surface area contributed by atoms with Crippen molar-refractivity contribution in [2.75, 3.05) is 19.6 Å². The van der Waals surface area contributed by atoms with Crippen molar-refractivity contribution in [2.24, 2.45) is 5.73 Å². The third-order valence-electron chi connectivity index (χ3n) is 3.50. The Labute approximate surface area is 133 Å². The zero-order chi connectivity index (χ0) is 17.6. The maximum atomic E-state index is 12.1. The van der Waals surface area contributed by atoms with Crippen LogP contribution >= 0.6 is 0 Å². The predicted molar refractivity (Wildman–Crippen MR) is 78.0 cm³/mol. The Morgan fingerprint density at radius 3 is 2.48 bits per heavy atom. The first-order chi connectivity index (χ1) is 10.7. The average Bonchev–Trinajstić information content (AvgIpc) is 2.98. The number of carbonyl (C=O) groups excluding carboxylic acids is 3. The molecule has 130 valence electrons. The largest absolute Gasteiger partial charge is 0.480 e. The predicted octanol–water partition coefficient (Wildman–Crippen LogP) is -3.00. The smallest absolute Gasteiger partial charge is 0.322 e. The molecule has 23 heavy (non-hydrogen) atoms. The van der Waals surface area contributed by atoms with E-state index in [4.69, 9.17) is 10.8 Å². The Morgan fingerprint density at radius 2 is 1.91 bits per heavy atom. The second kappa shape index (κ2) is 8.44. The van der Waals surface area contributed by atoms with Gasteiger partial charge in [-0.15, -0.1) is 0 Å². The molecule has 0 bridgehead atoms. The molecule has 0 aromatic carbocycles. The molecule has 0 aromatic rings. The molecule has 0 saturated carbocycles. The highest BCUT2D eigenvalue weighted by Gasteiger charge is 2.37. The normalized spacial score (nSPS) is 19.8. The number of carbonyl (C=O) groups is 4. The number of nitrogens with two attached hydrogens (primary N) is 1. The van der Waals surface area contributed by atoms with Crippen LogP contribution < -0.4 is 16.4 Å². The standard InChI is InChI=1S/C13H22N4O6/c1-7(18)11(14)13(23)17-4-2-3-8(17)12(22)16-5-9(19)15-6-10(20)21/h7-8,11,18H,2-6,14H2,1H3,(H,15,19)(H,16,22)(H,20,21). The first kappa shape index (κ1) is 18.8. The number of aliphatic hydroxyl groups is 1. The molecule has 3 atom stereocenters.